The molecule has 10 aromatic carbocycles. The van der Waals surface area contributed by atoms with Gasteiger partial charge >= 0.3 is 0 Å². The van der Waals surface area contributed by atoms with Crippen molar-refractivity contribution < 1.29 is 0 Å². The van der Waals surface area contributed by atoms with Gasteiger partial charge in [-0.25, -0.2) is 0 Å². The third-order valence-electron chi connectivity index (χ3n) is 11.4. The Hall–Kier alpha value is -6.44. The maximum Gasteiger partial charge on any atom is 0.0618 e. The number of aryl methyl sites for hydroxylation is 5. The van der Waals surface area contributed by atoms with E-state index in [1.165, 1.54) is 110 Å². The molecule has 0 unspecified atom stereocenters. The predicted octanol–water partition coefficient (Wildman–Crippen LogP) is 15.2. The van der Waals surface area contributed by atoms with Crippen LogP contribution in [0.3, 0.4) is 0 Å². The van der Waals surface area contributed by atoms with Crippen molar-refractivity contribution in [3.8, 4) is 22.3 Å². The van der Waals surface area contributed by atoms with Crippen molar-refractivity contribution in [1.82, 2.24) is 0 Å². The largest absolute Gasteiger partial charge is 0.309 e. The Labute approximate surface area is 317 Å². The lowest BCUT2D eigenvalue weighted by molar-refractivity contribution is 1.29. The van der Waals surface area contributed by atoms with Gasteiger partial charge in [-0.15, -0.1) is 0 Å². The molecule has 0 heterocycles. The molecule has 0 saturated heterocycles. The minimum Gasteiger partial charge on any atom is -0.309 e. The Kier molecular flexibility index (Phi) is 7.35. The van der Waals surface area contributed by atoms with Crippen LogP contribution in [-0.4, -0.2) is 0 Å². The van der Waals surface area contributed by atoms with E-state index in [4.69, 9.17) is 0 Å². The summed E-state index contributed by atoms with van der Waals surface area (Å²) < 4.78 is 0. The summed E-state index contributed by atoms with van der Waals surface area (Å²) in [5.74, 6) is 0. The van der Waals surface area contributed by atoms with Gasteiger partial charge in [0.2, 0.25) is 0 Å². The molecule has 0 bridgehead atoms. The van der Waals surface area contributed by atoms with Gasteiger partial charge in [0.25, 0.3) is 0 Å². The van der Waals surface area contributed by atoms with Crippen LogP contribution in [0, 0.1) is 34.6 Å². The van der Waals surface area contributed by atoms with Crippen molar-refractivity contribution >= 4 is 70.9 Å². The number of hydrogen-bond donors (Lipinski definition) is 0. The van der Waals surface area contributed by atoms with E-state index in [0.29, 0.717) is 0 Å². The normalized spacial score (nSPS) is 11.8. The summed E-state index contributed by atoms with van der Waals surface area (Å²) in [5.41, 5.74) is 14.8. The highest BCUT2D eigenvalue weighted by Crippen LogP contribution is 2.49. The predicted molar refractivity (Wildman–Crippen MR) is 234 cm³/mol. The van der Waals surface area contributed by atoms with Crippen LogP contribution in [0.1, 0.15) is 27.8 Å². The number of fused-ring (bicyclic) bond motifs is 2. The molecule has 0 radical (unpaired) electrons. The number of benzene rings is 10. The number of anilines is 3. The molecule has 0 spiro atoms. The zero-order chi connectivity index (χ0) is 36.7. The SMILES string of the molecule is Cc1ccc(N(c2ccc(C)cc2)c2c3ccc(C)cc3c(-c3cc(C)cc(-c4ccc5ccc6cccc7ccc4c5c67)c3)c3ccc(C)cc23)cc1. The summed E-state index contributed by atoms with van der Waals surface area (Å²) in [4.78, 5) is 2.47. The van der Waals surface area contributed by atoms with E-state index >= 15 is 0 Å². The summed E-state index contributed by atoms with van der Waals surface area (Å²) in [6, 6.07) is 59.6. The van der Waals surface area contributed by atoms with Crippen molar-refractivity contribution in [3.63, 3.8) is 0 Å². The summed E-state index contributed by atoms with van der Waals surface area (Å²) in [7, 11) is 0. The van der Waals surface area contributed by atoms with E-state index in [9.17, 15) is 0 Å². The number of hydrogen-bond acceptors (Lipinski definition) is 1. The molecular weight excluding hydrogens is 651 g/mol. The molecule has 0 amide bonds. The molecule has 10 rings (SSSR count). The maximum absolute atomic E-state index is 2.47. The molecule has 54 heavy (non-hydrogen) atoms. The highest BCUT2D eigenvalue weighted by atomic mass is 15.1. The van der Waals surface area contributed by atoms with Gasteiger partial charge in [-0.3, -0.25) is 0 Å². The monoisotopic (exact) mass is 691 g/mol. The fraction of sp³-hybridized carbons (Fsp3) is 0.0943. The minimum atomic E-state index is 1.15. The summed E-state index contributed by atoms with van der Waals surface area (Å²) in [6.07, 6.45) is 0. The summed E-state index contributed by atoms with van der Waals surface area (Å²) in [5, 5.41) is 12.9. The highest BCUT2D eigenvalue weighted by molar-refractivity contribution is 6.26. The van der Waals surface area contributed by atoms with Crippen LogP contribution in [-0.2, 0) is 0 Å². The second-order valence-corrected chi connectivity index (χ2v) is 15.4. The summed E-state index contributed by atoms with van der Waals surface area (Å²) >= 11 is 0. The van der Waals surface area contributed by atoms with Crippen LogP contribution in [0.2, 0.25) is 0 Å². The molecule has 258 valence electrons. The maximum atomic E-state index is 2.47. The molecular formula is C53H41N. The molecule has 0 N–H and O–H groups in total. The van der Waals surface area contributed by atoms with Crippen LogP contribution in [0.15, 0.2) is 158 Å². The second kappa shape index (κ2) is 12.3. The van der Waals surface area contributed by atoms with Gasteiger partial charge in [-0.05, 0) is 142 Å². The first-order valence-corrected chi connectivity index (χ1v) is 19.0. The lowest BCUT2D eigenvalue weighted by Gasteiger charge is -2.30. The molecule has 10 aromatic rings. The van der Waals surface area contributed by atoms with Crippen LogP contribution >= 0.6 is 0 Å². The van der Waals surface area contributed by atoms with Gasteiger partial charge in [0.15, 0.2) is 0 Å². The van der Waals surface area contributed by atoms with E-state index in [-0.39, 0.29) is 0 Å². The molecule has 0 atom stereocenters. The first kappa shape index (κ1) is 32.2. The third-order valence-corrected chi connectivity index (χ3v) is 11.4. The van der Waals surface area contributed by atoms with Gasteiger partial charge in [0, 0.05) is 22.1 Å². The Bertz CT molecular complexity index is 3010. The Morgan fingerprint density at radius 2 is 0.852 bits per heavy atom. The molecule has 0 aliphatic heterocycles. The van der Waals surface area contributed by atoms with Gasteiger partial charge < -0.3 is 4.90 Å². The van der Waals surface area contributed by atoms with Crippen molar-refractivity contribution in [2.75, 3.05) is 4.90 Å². The molecule has 0 fully saturated rings. The fourth-order valence-corrected chi connectivity index (χ4v) is 8.85. The van der Waals surface area contributed by atoms with Crippen LogP contribution in [0.5, 0.6) is 0 Å². The number of nitrogens with zero attached hydrogens (tertiary/aromatic N) is 1. The van der Waals surface area contributed by atoms with Gasteiger partial charge in [0.1, 0.15) is 0 Å². The first-order valence-electron chi connectivity index (χ1n) is 19.0. The smallest absolute Gasteiger partial charge is 0.0618 e. The molecule has 1 heteroatoms. The first-order chi connectivity index (χ1) is 26.3. The van der Waals surface area contributed by atoms with Crippen molar-refractivity contribution in [2.45, 2.75) is 34.6 Å². The van der Waals surface area contributed by atoms with E-state index < -0.39 is 0 Å². The molecule has 0 saturated carbocycles. The molecule has 0 aliphatic carbocycles. The topological polar surface area (TPSA) is 3.24 Å². The van der Waals surface area contributed by atoms with Gasteiger partial charge in [0.05, 0.1) is 5.69 Å². The fourth-order valence-electron chi connectivity index (χ4n) is 8.85. The van der Waals surface area contributed by atoms with Crippen LogP contribution in [0.25, 0.3) is 76.1 Å². The Morgan fingerprint density at radius 1 is 0.333 bits per heavy atom. The Morgan fingerprint density at radius 3 is 1.52 bits per heavy atom. The zero-order valence-corrected chi connectivity index (χ0v) is 31.5. The highest BCUT2D eigenvalue weighted by Gasteiger charge is 2.23. The minimum absolute atomic E-state index is 1.15. The van der Waals surface area contributed by atoms with Crippen LogP contribution in [0.4, 0.5) is 17.1 Å². The van der Waals surface area contributed by atoms with Gasteiger partial charge in [-0.2, -0.15) is 0 Å². The zero-order valence-electron chi connectivity index (χ0n) is 31.5. The lowest BCUT2D eigenvalue weighted by Crippen LogP contribution is -2.11. The lowest BCUT2D eigenvalue weighted by atomic mass is 9.85. The quantitative estimate of drug-likeness (QED) is 0.128. The van der Waals surface area contributed by atoms with Crippen molar-refractivity contribution in [3.05, 3.63) is 186 Å². The standard InChI is InChI=1S/C53H41N/c1-32-9-19-42(20-10-32)54(43-21-11-33(2)12-22-43)53-47-24-14-34(3)29-48(47)51(46-23-13-35(4)30-49(46)53)41-28-36(5)27-40(31-41)44-25-17-39-16-15-37-7-6-8-38-18-26-45(44)52(39)50(37)38/h6-31H,1-5H3. The van der Waals surface area contributed by atoms with Crippen molar-refractivity contribution in [2.24, 2.45) is 0 Å². The molecule has 0 aromatic heterocycles. The van der Waals surface area contributed by atoms with E-state index in [2.05, 4.69) is 197 Å². The van der Waals surface area contributed by atoms with E-state index in [1.54, 1.807) is 0 Å². The van der Waals surface area contributed by atoms with Crippen molar-refractivity contribution in [1.29, 1.82) is 0 Å². The average molecular weight is 692 g/mol. The number of rotatable bonds is 5. The summed E-state index contributed by atoms with van der Waals surface area (Å²) in [6.45, 7) is 11.0. The third kappa shape index (κ3) is 5.15. The van der Waals surface area contributed by atoms with E-state index in [1.807, 2.05) is 0 Å². The van der Waals surface area contributed by atoms with Gasteiger partial charge in [-0.1, -0.05) is 144 Å². The molecule has 0 aliphatic rings. The Balaban J connectivity index is 1.28. The van der Waals surface area contributed by atoms with Crippen LogP contribution < -0.4 is 4.90 Å². The van der Waals surface area contributed by atoms with E-state index in [0.717, 1.165) is 11.4 Å². The molecule has 1 nitrogen and oxygen atoms in total. The average Bonchev–Trinajstić information content (AvgIpc) is 3.18. The second-order valence-electron chi connectivity index (χ2n) is 15.4.